The minimum absolute atomic E-state index is 0.186. The van der Waals surface area contributed by atoms with Crippen LogP contribution < -0.4 is 4.74 Å². The standard InChI is InChI=1S/C13H14F3N3O/c1-20-10-4-2-9(3-5-10)8-12-17-11(18-19-12)6-7-13(14,15)16/h2-5H,6-8H2,1H3,(H,17,18,19). The maximum Gasteiger partial charge on any atom is 0.389 e. The highest BCUT2D eigenvalue weighted by Gasteiger charge is 2.27. The molecule has 108 valence electrons. The summed E-state index contributed by atoms with van der Waals surface area (Å²) in [7, 11) is 1.58. The molecule has 2 aromatic rings. The Morgan fingerprint density at radius 1 is 1.20 bits per heavy atom. The van der Waals surface area contributed by atoms with Crippen LogP contribution in [0.2, 0.25) is 0 Å². The topological polar surface area (TPSA) is 50.8 Å². The van der Waals surface area contributed by atoms with Crippen LogP contribution in [0.4, 0.5) is 13.2 Å². The van der Waals surface area contributed by atoms with Gasteiger partial charge in [0, 0.05) is 12.8 Å². The lowest BCUT2D eigenvalue weighted by molar-refractivity contribution is -0.134. The lowest BCUT2D eigenvalue weighted by Crippen LogP contribution is -2.09. The molecule has 0 fully saturated rings. The van der Waals surface area contributed by atoms with E-state index in [4.69, 9.17) is 4.74 Å². The summed E-state index contributed by atoms with van der Waals surface area (Å²) in [5.41, 5.74) is 0.976. The quantitative estimate of drug-likeness (QED) is 0.919. The van der Waals surface area contributed by atoms with Gasteiger partial charge in [0.15, 0.2) is 5.82 Å². The summed E-state index contributed by atoms with van der Waals surface area (Å²) in [5.74, 6) is 1.48. The van der Waals surface area contributed by atoms with E-state index >= 15 is 0 Å². The number of nitrogens with zero attached hydrogens (tertiary/aromatic N) is 2. The summed E-state index contributed by atoms with van der Waals surface area (Å²) >= 11 is 0. The zero-order valence-electron chi connectivity index (χ0n) is 10.9. The number of aromatic amines is 1. The molecule has 0 saturated heterocycles. The fourth-order valence-electron chi connectivity index (χ4n) is 1.72. The van der Waals surface area contributed by atoms with Crippen molar-refractivity contribution in [3.63, 3.8) is 0 Å². The first-order valence-electron chi connectivity index (χ1n) is 6.06. The van der Waals surface area contributed by atoms with Crippen LogP contribution in [0.1, 0.15) is 23.6 Å². The molecule has 1 N–H and O–H groups in total. The first-order chi connectivity index (χ1) is 9.46. The van der Waals surface area contributed by atoms with E-state index in [9.17, 15) is 13.2 Å². The lowest BCUT2D eigenvalue weighted by atomic mass is 10.1. The van der Waals surface area contributed by atoms with Crippen LogP contribution in [0, 0.1) is 0 Å². The van der Waals surface area contributed by atoms with Crippen molar-refractivity contribution >= 4 is 0 Å². The Labute approximate surface area is 114 Å². The number of aryl methyl sites for hydroxylation is 1. The van der Waals surface area contributed by atoms with Gasteiger partial charge in [-0.25, -0.2) is 4.98 Å². The molecule has 0 atom stereocenters. The first-order valence-corrected chi connectivity index (χ1v) is 6.06. The van der Waals surface area contributed by atoms with Crippen molar-refractivity contribution in [2.45, 2.75) is 25.4 Å². The monoisotopic (exact) mass is 285 g/mol. The van der Waals surface area contributed by atoms with Crippen LogP contribution in [0.3, 0.4) is 0 Å². The minimum atomic E-state index is -4.18. The highest BCUT2D eigenvalue weighted by atomic mass is 19.4. The molecule has 0 saturated carbocycles. The Balaban J connectivity index is 1.94. The molecule has 0 aliphatic rings. The van der Waals surface area contributed by atoms with Crippen molar-refractivity contribution in [1.29, 1.82) is 0 Å². The number of halogens is 3. The Morgan fingerprint density at radius 2 is 1.90 bits per heavy atom. The molecule has 0 amide bonds. The summed E-state index contributed by atoms with van der Waals surface area (Å²) in [6.07, 6.45) is -4.81. The molecule has 2 rings (SSSR count). The van der Waals surface area contributed by atoms with Gasteiger partial charge in [-0.15, -0.1) is 0 Å². The molecule has 20 heavy (non-hydrogen) atoms. The van der Waals surface area contributed by atoms with Gasteiger partial charge >= 0.3 is 6.18 Å². The summed E-state index contributed by atoms with van der Waals surface area (Å²) in [6.45, 7) is 0. The van der Waals surface area contributed by atoms with Crippen LogP contribution in [-0.4, -0.2) is 28.5 Å². The van der Waals surface area contributed by atoms with E-state index in [1.807, 2.05) is 24.3 Å². The fraction of sp³-hybridized carbons (Fsp3) is 0.385. The molecule has 7 heteroatoms. The average Bonchev–Trinajstić information content (AvgIpc) is 2.84. The van der Waals surface area contributed by atoms with Gasteiger partial charge in [-0.3, -0.25) is 5.10 Å². The molecule has 1 aromatic heterocycles. The maximum atomic E-state index is 12.1. The van der Waals surface area contributed by atoms with Gasteiger partial charge in [0.25, 0.3) is 0 Å². The number of ether oxygens (including phenoxy) is 1. The normalized spacial score (nSPS) is 11.6. The number of benzene rings is 1. The Morgan fingerprint density at radius 3 is 2.50 bits per heavy atom. The Bertz CT molecular complexity index is 549. The van der Waals surface area contributed by atoms with Crippen molar-refractivity contribution in [1.82, 2.24) is 15.2 Å². The smallest absolute Gasteiger partial charge is 0.389 e. The first kappa shape index (κ1) is 14.4. The summed E-state index contributed by atoms with van der Waals surface area (Å²) in [5, 5.41) is 6.45. The van der Waals surface area contributed by atoms with Gasteiger partial charge in [0.2, 0.25) is 0 Å². The zero-order valence-corrected chi connectivity index (χ0v) is 10.9. The molecule has 0 bridgehead atoms. The molecule has 0 radical (unpaired) electrons. The number of hydrogen-bond donors (Lipinski definition) is 1. The van der Waals surface area contributed by atoms with Crippen LogP contribution in [-0.2, 0) is 12.8 Å². The Kier molecular flexibility index (Phi) is 4.26. The molecule has 0 aliphatic carbocycles. The second kappa shape index (κ2) is 5.94. The van der Waals surface area contributed by atoms with E-state index in [1.54, 1.807) is 7.11 Å². The van der Waals surface area contributed by atoms with Crippen molar-refractivity contribution in [2.75, 3.05) is 7.11 Å². The largest absolute Gasteiger partial charge is 0.497 e. The van der Waals surface area contributed by atoms with Crippen molar-refractivity contribution in [3.8, 4) is 5.75 Å². The van der Waals surface area contributed by atoms with Crippen LogP contribution in [0.25, 0.3) is 0 Å². The van der Waals surface area contributed by atoms with E-state index in [2.05, 4.69) is 15.2 Å². The number of nitrogens with one attached hydrogen (secondary N) is 1. The highest BCUT2D eigenvalue weighted by Crippen LogP contribution is 2.21. The number of alkyl halides is 3. The van der Waals surface area contributed by atoms with Gasteiger partial charge in [0.1, 0.15) is 11.6 Å². The third kappa shape index (κ3) is 4.25. The van der Waals surface area contributed by atoms with E-state index in [0.717, 1.165) is 11.3 Å². The van der Waals surface area contributed by atoms with E-state index in [0.29, 0.717) is 12.2 Å². The van der Waals surface area contributed by atoms with Crippen molar-refractivity contribution in [2.24, 2.45) is 0 Å². The molecule has 1 aromatic carbocycles. The number of hydrogen-bond acceptors (Lipinski definition) is 3. The molecule has 0 spiro atoms. The number of methoxy groups -OCH3 is 1. The molecule has 1 heterocycles. The second-order valence-electron chi connectivity index (χ2n) is 4.34. The van der Waals surface area contributed by atoms with Crippen LogP contribution in [0.15, 0.2) is 24.3 Å². The number of H-pyrrole nitrogens is 1. The number of rotatable bonds is 5. The summed E-state index contributed by atoms with van der Waals surface area (Å²) < 4.78 is 41.3. The zero-order chi connectivity index (χ0) is 14.6. The highest BCUT2D eigenvalue weighted by molar-refractivity contribution is 5.28. The lowest BCUT2D eigenvalue weighted by Gasteiger charge is -2.02. The molecule has 0 aliphatic heterocycles. The second-order valence-corrected chi connectivity index (χ2v) is 4.34. The summed E-state index contributed by atoms with van der Waals surface area (Å²) in [4.78, 5) is 4.05. The predicted molar refractivity (Wildman–Crippen MR) is 66.6 cm³/mol. The fourth-order valence-corrected chi connectivity index (χ4v) is 1.72. The van der Waals surface area contributed by atoms with Gasteiger partial charge in [-0.1, -0.05) is 12.1 Å². The van der Waals surface area contributed by atoms with Gasteiger partial charge in [-0.2, -0.15) is 18.3 Å². The third-order valence-electron chi connectivity index (χ3n) is 2.74. The predicted octanol–water partition coefficient (Wildman–Crippen LogP) is 2.90. The van der Waals surface area contributed by atoms with E-state index in [1.165, 1.54) is 0 Å². The van der Waals surface area contributed by atoms with Crippen LogP contribution >= 0.6 is 0 Å². The van der Waals surface area contributed by atoms with Crippen LogP contribution in [0.5, 0.6) is 5.75 Å². The number of aromatic nitrogens is 3. The van der Waals surface area contributed by atoms with Gasteiger partial charge < -0.3 is 4.74 Å². The Hall–Kier alpha value is -2.05. The molecular formula is C13H14F3N3O. The van der Waals surface area contributed by atoms with Gasteiger partial charge in [-0.05, 0) is 17.7 Å². The SMILES string of the molecule is COc1ccc(Cc2nc(CCC(F)(F)F)n[nH]2)cc1. The third-order valence-corrected chi connectivity index (χ3v) is 2.74. The van der Waals surface area contributed by atoms with Crippen molar-refractivity contribution < 1.29 is 17.9 Å². The summed E-state index contributed by atoms with van der Waals surface area (Å²) in [6, 6.07) is 7.38. The van der Waals surface area contributed by atoms with Crippen molar-refractivity contribution in [3.05, 3.63) is 41.5 Å². The minimum Gasteiger partial charge on any atom is -0.497 e. The molecule has 0 unspecified atom stereocenters. The maximum absolute atomic E-state index is 12.1. The van der Waals surface area contributed by atoms with E-state index in [-0.39, 0.29) is 12.2 Å². The molecular weight excluding hydrogens is 271 g/mol. The average molecular weight is 285 g/mol. The molecule has 4 nitrogen and oxygen atoms in total. The van der Waals surface area contributed by atoms with Gasteiger partial charge in [0.05, 0.1) is 13.5 Å². The van der Waals surface area contributed by atoms with E-state index < -0.39 is 12.6 Å².